The molecular weight excluding hydrogens is 430 g/mol. The highest BCUT2D eigenvalue weighted by molar-refractivity contribution is 5.62. The second-order valence-electron chi connectivity index (χ2n) is 12.3. The van der Waals surface area contributed by atoms with Crippen molar-refractivity contribution in [1.82, 2.24) is 4.90 Å². The zero-order valence-electron chi connectivity index (χ0n) is 21.4. The van der Waals surface area contributed by atoms with Gasteiger partial charge in [0.05, 0.1) is 28.3 Å². The Morgan fingerprint density at radius 3 is 2.71 bits per heavy atom. The van der Waals surface area contributed by atoms with E-state index in [9.17, 15) is 10.2 Å². The smallest absolute Gasteiger partial charge is 0.165 e. The van der Waals surface area contributed by atoms with Crippen LogP contribution in [0.5, 0.6) is 11.5 Å². The van der Waals surface area contributed by atoms with Crippen molar-refractivity contribution in [3.05, 3.63) is 35.9 Å². The number of aliphatic hydroxyl groups is 1. The maximum Gasteiger partial charge on any atom is 0.165 e. The van der Waals surface area contributed by atoms with Crippen LogP contribution in [0.15, 0.2) is 24.8 Å². The predicted octanol–water partition coefficient (Wildman–Crippen LogP) is 4.10. The number of nitrogens with zero attached hydrogens (tertiary/aromatic N) is 1. The average Bonchev–Trinajstić information content (AvgIpc) is 3.08. The minimum Gasteiger partial charge on any atom is -0.504 e. The molecule has 1 spiro atoms. The highest BCUT2D eigenvalue weighted by atomic mass is 16.6. The summed E-state index contributed by atoms with van der Waals surface area (Å²) in [6.07, 6.45) is 5.09. The SMILES string of the molecule is C=CCN1CC[C@]23c4c5ccc(O)c4O[C@H]2C(OC(C)(C)CCOC(C)(C)C)CC[C@@]3(O)C1C5. The number of benzene rings is 1. The van der Waals surface area contributed by atoms with Crippen molar-refractivity contribution in [1.29, 1.82) is 0 Å². The molecule has 2 heterocycles. The predicted molar refractivity (Wildman–Crippen MR) is 132 cm³/mol. The van der Waals surface area contributed by atoms with Crippen LogP contribution in [0.4, 0.5) is 0 Å². The number of rotatable bonds is 7. The van der Waals surface area contributed by atoms with Crippen LogP contribution in [0.25, 0.3) is 0 Å². The van der Waals surface area contributed by atoms with E-state index < -0.39 is 16.6 Å². The van der Waals surface area contributed by atoms with Gasteiger partial charge in [-0.05, 0) is 84.9 Å². The summed E-state index contributed by atoms with van der Waals surface area (Å²) in [5, 5.41) is 23.2. The first-order valence-electron chi connectivity index (χ1n) is 12.8. The van der Waals surface area contributed by atoms with Gasteiger partial charge in [-0.2, -0.15) is 0 Å². The summed E-state index contributed by atoms with van der Waals surface area (Å²) in [7, 11) is 0. The van der Waals surface area contributed by atoms with E-state index in [0.29, 0.717) is 18.8 Å². The second-order valence-corrected chi connectivity index (χ2v) is 12.3. The van der Waals surface area contributed by atoms with Crippen molar-refractivity contribution in [3.63, 3.8) is 0 Å². The first-order chi connectivity index (χ1) is 15.9. The highest BCUT2D eigenvalue weighted by Crippen LogP contribution is 2.65. The topological polar surface area (TPSA) is 71.4 Å². The van der Waals surface area contributed by atoms with E-state index >= 15 is 0 Å². The monoisotopic (exact) mass is 471 g/mol. The van der Waals surface area contributed by atoms with Crippen molar-refractivity contribution in [2.45, 2.75) is 107 Å². The molecule has 4 aliphatic rings. The first-order valence-corrected chi connectivity index (χ1v) is 12.8. The Morgan fingerprint density at radius 1 is 1.24 bits per heavy atom. The van der Waals surface area contributed by atoms with E-state index in [2.05, 4.69) is 46.1 Å². The minimum atomic E-state index is -0.926. The Labute approximate surface area is 203 Å². The van der Waals surface area contributed by atoms with Gasteiger partial charge in [0.15, 0.2) is 11.5 Å². The summed E-state index contributed by atoms with van der Waals surface area (Å²) < 4.78 is 19.3. The average molecular weight is 472 g/mol. The van der Waals surface area contributed by atoms with Crippen LogP contribution in [0.3, 0.4) is 0 Å². The molecule has 0 amide bonds. The molecule has 2 bridgehead atoms. The Balaban J connectivity index is 1.49. The van der Waals surface area contributed by atoms with Gasteiger partial charge in [0.2, 0.25) is 0 Å². The Morgan fingerprint density at radius 2 is 2.00 bits per heavy atom. The van der Waals surface area contributed by atoms with Crippen molar-refractivity contribution in [2.24, 2.45) is 0 Å². The van der Waals surface area contributed by atoms with Gasteiger partial charge in [0, 0.05) is 24.8 Å². The second kappa shape index (κ2) is 7.95. The van der Waals surface area contributed by atoms with E-state index in [-0.39, 0.29) is 29.6 Å². The molecule has 5 atom stereocenters. The number of phenols is 1. The molecular formula is C28H41NO5. The van der Waals surface area contributed by atoms with Crippen LogP contribution in [0, 0.1) is 0 Å². The van der Waals surface area contributed by atoms with E-state index in [1.807, 2.05) is 12.1 Å². The molecule has 0 aromatic heterocycles. The van der Waals surface area contributed by atoms with Crippen molar-refractivity contribution in [2.75, 3.05) is 19.7 Å². The summed E-state index contributed by atoms with van der Waals surface area (Å²) in [5.74, 6) is 0.717. The van der Waals surface area contributed by atoms with Gasteiger partial charge in [-0.25, -0.2) is 0 Å². The summed E-state index contributed by atoms with van der Waals surface area (Å²) in [6.45, 7) is 16.6. The van der Waals surface area contributed by atoms with Crippen molar-refractivity contribution < 1.29 is 24.4 Å². The number of likely N-dealkylation sites (tertiary alicyclic amines) is 1. The zero-order chi connectivity index (χ0) is 24.5. The normalized spacial score (nSPS) is 34.5. The Bertz CT molecular complexity index is 968. The molecule has 1 aromatic rings. The van der Waals surface area contributed by atoms with Crippen LogP contribution >= 0.6 is 0 Å². The molecule has 2 unspecified atom stereocenters. The summed E-state index contributed by atoms with van der Waals surface area (Å²) in [5.41, 5.74) is 0.121. The lowest BCUT2D eigenvalue weighted by molar-refractivity contribution is -0.231. The largest absolute Gasteiger partial charge is 0.504 e. The lowest BCUT2D eigenvalue weighted by Gasteiger charge is -2.64. The zero-order valence-corrected chi connectivity index (χ0v) is 21.4. The van der Waals surface area contributed by atoms with Gasteiger partial charge in [-0.3, -0.25) is 4.90 Å². The van der Waals surface area contributed by atoms with Crippen LogP contribution in [-0.2, 0) is 21.3 Å². The molecule has 1 saturated carbocycles. The minimum absolute atomic E-state index is 0.00230. The van der Waals surface area contributed by atoms with Gasteiger partial charge in [-0.1, -0.05) is 12.1 Å². The highest BCUT2D eigenvalue weighted by Gasteiger charge is 2.73. The molecule has 2 aliphatic carbocycles. The number of hydrogen-bond donors (Lipinski definition) is 2. The number of ether oxygens (including phenoxy) is 3. The fraction of sp³-hybridized carbons (Fsp3) is 0.714. The van der Waals surface area contributed by atoms with Crippen LogP contribution in [0.2, 0.25) is 0 Å². The number of phenolic OH excluding ortho intramolecular Hbond substituents is 1. The van der Waals surface area contributed by atoms with E-state index in [1.54, 1.807) is 6.07 Å². The summed E-state index contributed by atoms with van der Waals surface area (Å²) >= 11 is 0. The third-order valence-electron chi connectivity index (χ3n) is 8.59. The van der Waals surface area contributed by atoms with Gasteiger partial charge >= 0.3 is 0 Å². The van der Waals surface area contributed by atoms with Gasteiger partial charge < -0.3 is 24.4 Å². The Kier molecular flexibility index (Phi) is 5.64. The summed E-state index contributed by atoms with van der Waals surface area (Å²) in [6, 6.07) is 3.76. The van der Waals surface area contributed by atoms with Gasteiger partial charge in [-0.15, -0.1) is 6.58 Å². The molecule has 5 rings (SSSR count). The maximum atomic E-state index is 12.4. The van der Waals surface area contributed by atoms with Crippen molar-refractivity contribution in [3.8, 4) is 11.5 Å². The maximum absolute atomic E-state index is 12.4. The lowest BCUT2D eigenvalue weighted by atomic mass is 9.48. The Hall–Kier alpha value is -1.60. The van der Waals surface area contributed by atoms with Gasteiger partial charge in [0.25, 0.3) is 0 Å². The molecule has 1 saturated heterocycles. The van der Waals surface area contributed by atoms with Crippen LogP contribution in [-0.4, -0.2) is 69.9 Å². The third-order valence-corrected chi connectivity index (χ3v) is 8.59. The molecule has 0 radical (unpaired) electrons. The third kappa shape index (κ3) is 3.52. The number of piperidine rings is 1. The number of aromatic hydroxyl groups is 1. The fourth-order valence-electron chi connectivity index (χ4n) is 7.16. The summed E-state index contributed by atoms with van der Waals surface area (Å²) in [4.78, 5) is 2.37. The van der Waals surface area contributed by atoms with E-state index in [0.717, 1.165) is 44.3 Å². The standard InChI is InChI=1S/C28H41NO5/c1-7-14-29-15-12-27-22-18-8-9-19(30)23(22)33-24(27)20(10-11-28(27,31)21(29)17-18)34-26(5,6)13-16-32-25(2,3)4/h7-9,20-21,24,30-31H,1,10-17H2,2-6H3/t20?,21?,24-,27-,28+/m0/s1. The lowest BCUT2D eigenvalue weighted by Crippen LogP contribution is -2.77. The first kappa shape index (κ1) is 24.1. The fourth-order valence-corrected chi connectivity index (χ4v) is 7.16. The molecule has 2 N–H and O–H groups in total. The number of hydrogen-bond acceptors (Lipinski definition) is 6. The molecule has 2 fully saturated rings. The molecule has 34 heavy (non-hydrogen) atoms. The van der Waals surface area contributed by atoms with Crippen LogP contribution < -0.4 is 4.74 Å². The quantitative estimate of drug-likeness (QED) is 0.584. The van der Waals surface area contributed by atoms with E-state index in [1.165, 1.54) is 5.56 Å². The molecule has 6 heteroatoms. The molecule has 2 aliphatic heterocycles. The van der Waals surface area contributed by atoms with E-state index in [4.69, 9.17) is 14.2 Å². The van der Waals surface area contributed by atoms with Crippen molar-refractivity contribution >= 4 is 0 Å². The molecule has 188 valence electrons. The van der Waals surface area contributed by atoms with Crippen LogP contribution in [0.1, 0.15) is 71.4 Å². The molecule has 6 nitrogen and oxygen atoms in total. The van der Waals surface area contributed by atoms with Gasteiger partial charge in [0.1, 0.15) is 6.10 Å². The molecule has 1 aromatic carbocycles.